The first kappa shape index (κ1) is 20.1. The van der Waals surface area contributed by atoms with E-state index in [0.717, 1.165) is 18.4 Å². The normalized spacial score (nSPS) is 20.6. The fourth-order valence-electron chi connectivity index (χ4n) is 4.23. The summed E-state index contributed by atoms with van der Waals surface area (Å²) >= 11 is 0. The maximum atomic E-state index is 13.3. The van der Waals surface area contributed by atoms with Crippen LogP contribution in [-0.2, 0) is 9.59 Å². The van der Waals surface area contributed by atoms with Gasteiger partial charge in [-0.1, -0.05) is 12.1 Å². The number of rotatable bonds is 5. The Morgan fingerprint density at radius 3 is 2.73 bits per heavy atom. The van der Waals surface area contributed by atoms with Crippen LogP contribution in [0.15, 0.2) is 42.5 Å². The number of carbonyl (C=O) groups is 2. The molecule has 4 rings (SSSR count). The molecule has 2 heterocycles. The number of ether oxygens (including phenoxy) is 3. The van der Waals surface area contributed by atoms with Gasteiger partial charge in [-0.05, 0) is 44.0 Å². The first-order valence-electron chi connectivity index (χ1n) is 10.1. The molecule has 2 aromatic rings. The Bertz CT molecular complexity index is 960. The van der Waals surface area contributed by atoms with Crippen molar-refractivity contribution in [2.75, 3.05) is 32.2 Å². The number of fused-ring (bicyclic) bond motifs is 1. The molecule has 30 heavy (non-hydrogen) atoms. The van der Waals surface area contributed by atoms with E-state index in [9.17, 15) is 9.59 Å². The molecular formula is C23H26N2O5. The third kappa shape index (κ3) is 3.56. The van der Waals surface area contributed by atoms with Crippen molar-refractivity contribution in [3.05, 3.63) is 48.0 Å². The number of methoxy groups -OCH3 is 2. The Balaban J connectivity index is 1.59. The number of amides is 2. The lowest BCUT2D eigenvalue weighted by Gasteiger charge is -2.34. The zero-order chi connectivity index (χ0) is 21.3. The smallest absolute Gasteiger partial charge is 0.268 e. The molecule has 0 radical (unpaired) electrons. The van der Waals surface area contributed by atoms with Crippen LogP contribution in [0.1, 0.15) is 31.4 Å². The fourth-order valence-corrected chi connectivity index (χ4v) is 4.23. The Labute approximate surface area is 176 Å². The highest BCUT2D eigenvalue weighted by Crippen LogP contribution is 2.39. The molecule has 1 saturated heterocycles. The molecule has 0 N–H and O–H groups in total. The van der Waals surface area contributed by atoms with Crippen LogP contribution in [0.4, 0.5) is 5.69 Å². The SMILES string of the molecule is COc1ccc([C@@H]2CCCN2C(=O)CN2C(=O)[C@@H](C)Oc3ccccc32)c(OC)c1. The maximum absolute atomic E-state index is 13.3. The third-order valence-electron chi connectivity index (χ3n) is 5.74. The zero-order valence-electron chi connectivity index (χ0n) is 17.5. The van der Waals surface area contributed by atoms with E-state index in [1.165, 1.54) is 4.90 Å². The summed E-state index contributed by atoms with van der Waals surface area (Å²) in [4.78, 5) is 29.4. The predicted molar refractivity (Wildman–Crippen MR) is 112 cm³/mol. The molecular weight excluding hydrogens is 384 g/mol. The molecule has 0 saturated carbocycles. The first-order chi connectivity index (χ1) is 14.5. The minimum absolute atomic E-state index is 0.0154. The number of nitrogens with zero attached hydrogens (tertiary/aromatic N) is 2. The Kier molecular flexibility index (Phi) is 5.53. The van der Waals surface area contributed by atoms with Crippen LogP contribution >= 0.6 is 0 Å². The Morgan fingerprint density at radius 1 is 1.17 bits per heavy atom. The van der Waals surface area contributed by atoms with Gasteiger partial charge in [0.05, 0.1) is 25.9 Å². The fraction of sp³-hybridized carbons (Fsp3) is 0.391. The molecule has 7 nitrogen and oxygen atoms in total. The number of hydrogen-bond acceptors (Lipinski definition) is 5. The monoisotopic (exact) mass is 410 g/mol. The van der Waals surface area contributed by atoms with Crippen LogP contribution in [-0.4, -0.2) is 50.1 Å². The number of likely N-dealkylation sites (tertiary alicyclic amines) is 1. The maximum Gasteiger partial charge on any atom is 0.268 e. The van der Waals surface area contributed by atoms with Crippen molar-refractivity contribution in [2.24, 2.45) is 0 Å². The van der Waals surface area contributed by atoms with E-state index in [4.69, 9.17) is 14.2 Å². The van der Waals surface area contributed by atoms with Gasteiger partial charge in [0.2, 0.25) is 5.91 Å². The van der Waals surface area contributed by atoms with Crippen molar-refractivity contribution < 1.29 is 23.8 Å². The summed E-state index contributed by atoms with van der Waals surface area (Å²) in [5, 5.41) is 0. The molecule has 2 amide bonds. The van der Waals surface area contributed by atoms with Gasteiger partial charge in [-0.3, -0.25) is 14.5 Å². The molecule has 0 aromatic heterocycles. The Hall–Kier alpha value is -3.22. The largest absolute Gasteiger partial charge is 0.497 e. The van der Waals surface area contributed by atoms with Crippen LogP contribution in [0, 0.1) is 0 Å². The van der Waals surface area contributed by atoms with Gasteiger partial charge < -0.3 is 19.1 Å². The van der Waals surface area contributed by atoms with Gasteiger partial charge in [-0.2, -0.15) is 0 Å². The quantitative estimate of drug-likeness (QED) is 0.757. The first-order valence-corrected chi connectivity index (χ1v) is 10.1. The Morgan fingerprint density at radius 2 is 1.97 bits per heavy atom. The van der Waals surface area contributed by atoms with Gasteiger partial charge in [0, 0.05) is 18.2 Å². The van der Waals surface area contributed by atoms with Crippen molar-refractivity contribution in [3.63, 3.8) is 0 Å². The minimum atomic E-state index is -0.622. The number of para-hydroxylation sites is 2. The van der Waals surface area contributed by atoms with E-state index >= 15 is 0 Å². The lowest BCUT2D eigenvalue weighted by atomic mass is 10.0. The highest BCUT2D eigenvalue weighted by molar-refractivity contribution is 6.03. The molecule has 0 unspecified atom stereocenters. The molecule has 0 aliphatic carbocycles. The number of carbonyl (C=O) groups excluding carboxylic acids is 2. The van der Waals surface area contributed by atoms with Crippen molar-refractivity contribution in [1.82, 2.24) is 4.90 Å². The van der Waals surface area contributed by atoms with E-state index in [1.807, 2.05) is 41.3 Å². The number of anilines is 1. The average molecular weight is 410 g/mol. The summed E-state index contributed by atoms with van der Waals surface area (Å²) in [6.07, 6.45) is 1.12. The molecule has 2 aliphatic heterocycles. The van der Waals surface area contributed by atoms with Gasteiger partial charge in [0.1, 0.15) is 23.8 Å². The summed E-state index contributed by atoms with van der Waals surface area (Å²) in [7, 11) is 3.22. The molecule has 2 atom stereocenters. The summed E-state index contributed by atoms with van der Waals surface area (Å²) in [5.41, 5.74) is 1.58. The minimum Gasteiger partial charge on any atom is -0.497 e. The van der Waals surface area contributed by atoms with Gasteiger partial charge >= 0.3 is 0 Å². The van der Waals surface area contributed by atoms with Crippen LogP contribution < -0.4 is 19.1 Å². The number of benzene rings is 2. The molecule has 7 heteroatoms. The lowest BCUT2D eigenvalue weighted by molar-refractivity contribution is -0.133. The second-order valence-corrected chi connectivity index (χ2v) is 7.51. The summed E-state index contributed by atoms with van der Waals surface area (Å²) in [6, 6.07) is 12.9. The van der Waals surface area contributed by atoms with Crippen LogP contribution in [0.2, 0.25) is 0 Å². The van der Waals surface area contributed by atoms with Gasteiger partial charge in [0.15, 0.2) is 6.10 Å². The van der Waals surface area contributed by atoms with E-state index in [0.29, 0.717) is 29.5 Å². The summed E-state index contributed by atoms with van der Waals surface area (Å²) in [6.45, 7) is 2.34. The molecule has 0 spiro atoms. The van der Waals surface area contributed by atoms with Gasteiger partial charge in [-0.15, -0.1) is 0 Å². The van der Waals surface area contributed by atoms with Crippen molar-refractivity contribution in [2.45, 2.75) is 31.9 Å². The predicted octanol–water partition coefficient (Wildman–Crippen LogP) is 3.18. The molecule has 0 bridgehead atoms. The third-order valence-corrected chi connectivity index (χ3v) is 5.74. The van der Waals surface area contributed by atoms with Crippen molar-refractivity contribution >= 4 is 17.5 Å². The lowest BCUT2D eigenvalue weighted by Crippen LogP contribution is -2.49. The molecule has 2 aliphatic rings. The topological polar surface area (TPSA) is 68.3 Å². The second-order valence-electron chi connectivity index (χ2n) is 7.51. The van der Waals surface area contributed by atoms with Gasteiger partial charge in [-0.25, -0.2) is 0 Å². The summed E-state index contributed by atoms with van der Waals surface area (Å²) < 4.78 is 16.5. The summed E-state index contributed by atoms with van der Waals surface area (Å²) in [5.74, 6) is 1.72. The van der Waals surface area contributed by atoms with Crippen molar-refractivity contribution in [3.8, 4) is 17.2 Å². The highest BCUT2D eigenvalue weighted by Gasteiger charge is 2.37. The van der Waals surface area contributed by atoms with E-state index in [1.54, 1.807) is 27.2 Å². The molecule has 2 aromatic carbocycles. The van der Waals surface area contributed by atoms with Crippen molar-refractivity contribution in [1.29, 1.82) is 0 Å². The number of hydrogen-bond donors (Lipinski definition) is 0. The van der Waals surface area contributed by atoms with Gasteiger partial charge in [0.25, 0.3) is 5.91 Å². The van der Waals surface area contributed by atoms with Crippen LogP contribution in [0.25, 0.3) is 0 Å². The molecule has 1 fully saturated rings. The average Bonchev–Trinajstić information content (AvgIpc) is 3.26. The van der Waals surface area contributed by atoms with E-state index < -0.39 is 6.10 Å². The van der Waals surface area contributed by atoms with Crippen LogP contribution in [0.3, 0.4) is 0 Å². The molecule has 158 valence electrons. The van der Waals surface area contributed by atoms with E-state index in [2.05, 4.69) is 0 Å². The van der Waals surface area contributed by atoms with E-state index in [-0.39, 0.29) is 24.4 Å². The zero-order valence-corrected chi connectivity index (χ0v) is 17.5. The second kappa shape index (κ2) is 8.26. The van der Waals surface area contributed by atoms with Crippen LogP contribution in [0.5, 0.6) is 17.2 Å². The standard InChI is InChI=1S/C23H26N2O5/c1-15-23(27)25(19-7-4-5-9-20(19)30-15)14-22(26)24-12-6-8-18(24)17-11-10-16(28-2)13-21(17)29-3/h4-5,7,9-11,13,15,18H,6,8,12,14H2,1-3H3/t15-,18+/m1/s1. The highest BCUT2D eigenvalue weighted by atomic mass is 16.5.